The predicted molar refractivity (Wildman–Crippen MR) is 126 cm³/mol. The van der Waals surface area contributed by atoms with Crippen molar-refractivity contribution in [2.45, 2.75) is 6.54 Å². The van der Waals surface area contributed by atoms with Gasteiger partial charge in [-0.3, -0.25) is 24.6 Å². The van der Waals surface area contributed by atoms with E-state index in [1.165, 1.54) is 12.1 Å². The summed E-state index contributed by atoms with van der Waals surface area (Å²) in [6.07, 6.45) is 0. The first kappa shape index (κ1) is 24.3. The third-order valence-corrected chi connectivity index (χ3v) is 5.35. The zero-order valence-electron chi connectivity index (χ0n) is 17.8. The molecule has 10 nitrogen and oxygen atoms in total. The second-order valence-electron chi connectivity index (χ2n) is 7.47. The van der Waals surface area contributed by atoms with Gasteiger partial charge in [0.05, 0.1) is 29.2 Å². The fraction of sp³-hybridized carbons (Fsp3) is 0.318. The summed E-state index contributed by atoms with van der Waals surface area (Å²) in [5.41, 5.74) is 0.437. The van der Waals surface area contributed by atoms with Gasteiger partial charge in [0.1, 0.15) is 6.54 Å². The summed E-state index contributed by atoms with van der Waals surface area (Å²) in [4.78, 5) is 38.3. The predicted octanol–water partition coefficient (Wildman–Crippen LogP) is 1.84. The standard InChI is InChI=1S/C22H23N5O5.ClH/c28-20(23-8-9-25-10-12-32-13-11-25)15-26-22(29)19-7-2-1-6-18(19)21(24-26)16-4-3-5-17(14-16)27(30)31;/h1-7,14H,8-13,15H2,(H,23,28);1H. The van der Waals surface area contributed by atoms with E-state index < -0.39 is 10.5 Å². The number of nitrogens with zero attached hydrogens (tertiary/aromatic N) is 4. The quantitative estimate of drug-likeness (QED) is 0.410. The van der Waals surface area contributed by atoms with E-state index in [0.29, 0.717) is 48.3 Å². The maximum atomic E-state index is 12.9. The van der Waals surface area contributed by atoms with Crippen molar-refractivity contribution in [1.82, 2.24) is 20.0 Å². The zero-order chi connectivity index (χ0) is 22.5. The van der Waals surface area contributed by atoms with Crippen LogP contribution in [0.1, 0.15) is 0 Å². The van der Waals surface area contributed by atoms with Crippen LogP contribution in [0.15, 0.2) is 53.3 Å². The number of carbonyl (C=O) groups excluding carboxylic acids is 1. The molecule has 0 bridgehead atoms. The number of amides is 1. The van der Waals surface area contributed by atoms with E-state index in [1.807, 2.05) is 0 Å². The Morgan fingerprint density at radius 2 is 1.85 bits per heavy atom. The van der Waals surface area contributed by atoms with Crippen LogP contribution in [-0.2, 0) is 16.1 Å². The van der Waals surface area contributed by atoms with Gasteiger partial charge in [-0.25, -0.2) is 4.68 Å². The lowest BCUT2D eigenvalue weighted by atomic mass is 10.0. The van der Waals surface area contributed by atoms with Crippen molar-refractivity contribution in [1.29, 1.82) is 0 Å². The van der Waals surface area contributed by atoms with Gasteiger partial charge in [0.15, 0.2) is 0 Å². The number of non-ortho nitro benzene ring substituents is 1. The molecule has 0 radical (unpaired) electrons. The number of nitro benzene ring substituents is 1. The highest BCUT2D eigenvalue weighted by Crippen LogP contribution is 2.27. The average Bonchev–Trinajstić information content (AvgIpc) is 2.81. The molecule has 1 saturated heterocycles. The Hall–Kier alpha value is -3.34. The highest BCUT2D eigenvalue weighted by molar-refractivity contribution is 5.94. The summed E-state index contributed by atoms with van der Waals surface area (Å²) < 4.78 is 6.42. The molecule has 0 spiro atoms. The monoisotopic (exact) mass is 473 g/mol. The summed E-state index contributed by atoms with van der Waals surface area (Å²) in [7, 11) is 0. The molecular formula is C22H24ClN5O5. The van der Waals surface area contributed by atoms with Crippen molar-refractivity contribution in [2.75, 3.05) is 39.4 Å². The van der Waals surface area contributed by atoms with Crippen LogP contribution in [0, 0.1) is 10.1 Å². The third-order valence-electron chi connectivity index (χ3n) is 5.35. The number of fused-ring (bicyclic) bond motifs is 1. The lowest BCUT2D eigenvalue weighted by molar-refractivity contribution is -0.384. The van der Waals surface area contributed by atoms with Crippen LogP contribution >= 0.6 is 12.4 Å². The molecule has 0 unspecified atom stereocenters. The van der Waals surface area contributed by atoms with Crippen LogP contribution in [0.4, 0.5) is 5.69 Å². The zero-order valence-corrected chi connectivity index (χ0v) is 18.6. The minimum atomic E-state index is -0.483. The van der Waals surface area contributed by atoms with Gasteiger partial charge in [-0.2, -0.15) is 5.10 Å². The number of halogens is 1. The van der Waals surface area contributed by atoms with Crippen LogP contribution in [0.3, 0.4) is 0 Å². The Morgan fingerprint density at radius 3 is 2.58 bits per heavy atom. The Balaban J connectivity index is 0.00000306. The van der Waals surface area contributed by atoms with Crippen molar-refractivity contribution < 1.29 is 14.5 Å². The second-order valence-corrected chi connectivity index (χ2v) is 7.47. The number of morpholine rings is 1. The third kappa shape index (κ3) is 5.72. The number of aromatic nitrogens is 2. The Bertz CT molecular complexity index is 1210. The van der Waals surface area contributed by atoms with E-state index in [-0.39, 0.29) is 30.5 Å². The van der Waals surface area contributed by atoms with Crippen LogP contribution < -0.4 is 10.9 Å². The minimum Gasteiger partial charge on any atom is -0.379 e. The Kier molecular flexibility index (Phi) is 8.10. The van der Waals surface area contributed by atoms with E-state index in [9.17, 15) is 19.7 Å². The first-order chi connectivity index (χ1) is 15.5. The molecule has 0 aliphatic carbocycles. The molecule has 174 valence electrons. The van der Waals surface area contributed by atoms with Gasteiger partial charge in [-0.15, -0.1) is 12.4 Å². The highest BCUT2D eigenvalue weighted by Gasteiger charge is 2.16. The number of hydrogen-bond donors (Lipinski definition) is 1. The summed E-state index contributed by atoms with van der Waals surface area (Å²) in [6, 6.07) is 13.0. The van der Waals surface area contributed by atoms with Gasteiger partial charge < -0.3 is 10.1 Å². The number of nitro groups is 1. The van der Waals surface area contributed by atoms with Crippen LogP contribution in [-0.4, -0.2) is 64.9 Å². The van der Waals surface area contributed by atoms with Gasteiger partial charge in [-0.1, -0.05) is 30.3 Å². The molecule has 1 aromatic heterocycles. The van der Waals surface area contributed by atoms with Crippen molar-refractivity contribution in [3.05, 3.63) is 69.0 Å². The lowest BCUT2D eigenvalue weighted by Crippen LogP contribution is -2.42. The normalized spacial score (nSPS) is 13.9. The molecule has 1 aliphatic heterocycles. The van der Waals surface area contributed by atoms with Crippen molar-refractivity contribution in [3.8, 4) is 11.3 Å². The topological polar surface area (TPSA) is 120 Å². The van der Waals surface area contributed by atoms with Gasteiger partial charge >= 0.3 is 0 Å². The van der Waals surface area contributed by atoms with Gasteiger partial charge in [0.2, 0.25) is 5.91 Å². The highest BCUT2D eigenvalue weighted by atomic mass is 35.5. The molecule has 0 atom stereocenters. The molecule has 2 heterocycles. The molecule has 11 heteroatoms. The minimum absolute atomic E-state index is 0. The molecule has 1 aliphatic rings. The van der Waals surface area contributed by atoms with E-state index in [4.69, 9.17) is 4.74 Å². The molecule has 1 N–H and O–H groups in total. The molecule has 1 amide bonds. The van der Waals surface area contributed by atoms with Gasteiger partial charge in [0, 0.05) is 49.3 Å². The first-order valence-electron chi connectivity index (χ1n) is 10.3. The number of ether oxygens (including phenoxy) is 1. The summed E-state index contributed by atoms with van der Waals surface area (Å²) in [6.45, 7) is 3.94. The largest absolute Gasteiger partial charge is 0.379 e. The van der Waals surface area contributed by atoms with Crippen LogP contribution in [0.5, 0.6) is 0 Å². The van der Waals surface area contributed by atoms with E-state index in [0.717, 1.165) is 17.8 Å². The SMILES string of the molecule is Cl.O=C(Cn1nc(-c2cccc([N+](=O)[O-])c2)c2ccccc2c1=O)NCCN1CCOCC1. The number of rotatable bonds is 7. The number of nitrogens with one attached hydrogen (secondary N) is 1. The Morgan fingerprint density at radius 1 is 1.12 bits per heavy atom. The smallest absolute Gasteiger partial charge is 0.275 e. The van der Waals surface area contributed by atoms with Crippen LogP contribution in [0.25, 0.3) is 22.0 Å². The van der Waals surface area contributed by atoms with E-state index in [2.05, 4.69) is 15.3 Å². The van der Waals surface area contributed by atoms with Crippen LogP contribution in [0.2, 0.25) is 0 Å². The molecule has 2 aromatic carbocycles. The lowest BCUT2D eigenvalue weighted by Gasteiger charge is -2.26. The molecule has 3 aromatic rings. The number of hydrogen-bond acceptors (Lipinski definition) is 7. The summed E-state index contributed by atoms with van der Waals surface area (Å²) >= 11 is 0. The second kappa shape index (κ2) is 11.0. The fourth-order valence-corrected chi connectivity index (χ4v) is 3.69. The van der Waals surface area contributed by atoms with E-state index >= 15 is 0 Å². The van der Waals surface area contributed by atoms with Crippen molar-refractivity contribution in [3.63, 3.8) is 0 Å². The molecule has 33 heavy (non-hydrogen) atoms. The fourth-order valence-electron chi connectivity index (χ4n) is 3.69. The molecular weight excluding hydrogens is 450 g/mol. The van der Waals surface area contributed by atoms with Crippen molar-refractivity contribution in [2.24, 2.45) is 0 Å². The average molecular weight is 474 g/mol. The summed E-state index contributed by atoms with van der Waals surface area (Å²) in [5.74, 6) is -0.326. The summed E-state index contributed by atoms with van der Waals surface area (Å²) in [5, 5.41) is 19.4. The van der Waals surface area contributed by atoms with Crippen molar-refractivity contribution >= 4 is 34.8 Å². The maximum absolute atomic E-state index is 12.9. The maximum Gasteiger partial charge on any atom is 0.275 e. The number of benzene rings is 2. The Labute approximate surface area is 195 Å². The van der Waals surface area contributed by atoms with Gasteiger partial charge in [0.25, 0.3) is 11.2 Å². The van der Waals surface area contributed by atoms with E-state index in [1.54, 1.807) is 36.4 Å². The molecule has 1 fully saturated rings. The molecule has 0 saturated carbocycles. The van der Waals surface area contributed by atoms with Gasteiger partial charge in [-0.05, 0) is 6.07 Å². The first-order valence-corrected chi connectivity index (χ1v) is 10.3. The number of carbonyl (C=O) groups is 1. The molecule has 4 rings (SSSR count).